The van der Waals surface area contributed by atoms with E-state index in [1.165, 1.54) is 34.9 Å². The van der Waals surface area contributed by atoms with Gasteiger partial charge in [-0.05, 0) is 30.5 Å². The summed E-state index contributed by atoms with van der Waals surface area (Å²) in [5, 5.41) is 10.7. The van der Waals surface area contributed by atoms with Gasteiger partial charge < -0.3 is 11.1 Å². The fraction of sp³-hybridized carbons (Fsp3) is 0.167. The SMILES string of the molecule is CSc1nnc(SCC(=O)Nc2ccc(C(N)=O)cc2)s1. The molecule has 2 rings (SSSR count). The van der Waals surface area contributed by atoms with Crippen molar-refractivity contribution in [2.24, 2.45) is 5.73 Å². The third kappa shape index (κ3) is 4.73. The van der Waals surface area contributed by atoms with Gasteiger partial charge in [0, 0.05) is 11.3 Å². The lowest BCUT2D eigenvalue weighted by molar-refractivity contribution is -0.113. The van der Waals surface area contributed by atoms with E-state index in [-0.39, 0.29) is 11.7 Å². The number of carbonyl (C=O) groups excluding carboxylic acids is 2. The van der Waals surface area contributed by atoms with Gasteiger partial charge in [-0.1, -0.05) is 34.9 Å². The maximum Gasteiger partial charge on any atom is 0.248 e. The van der Waals surface area contributed by atoms with Gasteiger partial charge in [0.15, 0.2) is 8.68 Å². The van der Waals surface area contributed by atoms with Crippen LogP contribution in [0, 0.1) is 0 Å². The zero-order chi connectivity index (χ0) is 15.2. The molecule has 0 spiro atoms. The number of nitrogens with two attached hydrogens (primary N) is 1. The molecule has 110 valence electrons. The molecular weight excluding hydrogens is 328 g/mol. The summed E-state index contributed by atoms with van der Waals surface area (Å²) in [5.74, 6) is -0.391. The van der Waals surface area contributed by atoms with Gasteiger partial charge in [-0.2, -0.15) is 0 Å². The third-order valence-electron chi connectivity index (χ3n) is 2.34. The number of hydrogen-bond donors (Lipinski definition) is 2. The molecule has 0 saturated heterocycles. The number of thioether (sulfide) groups is 2. The highest BCUT2D eigenvalue weighted by Crippen LogP contribution is 2.27. The van der Waals surface area contributed by atoms with Gasteiger partial charge in [0.1, 0.15) is 0 Å². The third-order valence-corrected chi connectivity index (χ3v) is 5.37. The smallest absolute Gasteiger partial charge is 0.248 e. The highest BCUT2D eigenvalue weighted by atomic mass is 32.2. The maximum atomic E-state index is 11.8. The lowest BCUT2D eigenvalue weighted by atomic mass is 10.2. The van der Waals surface area contributed by atoms with Crippen molar-refractivity contribution in [3.63, 3.8) is 0 Å². The molecule has 0 saturated carbocycles. The fourth-order valence-corrected chi connectivity index (χ4v) is 3.62. The van der Waals surface area contributed by atoms with Crippen LogP contribution >= 0.6 is 34.9 Å². The van der Waals surface area contributed by atoms with E-state index in [0.29, 0.717) is 11.3 Å². The number of aromatic nitrogens is 2. The summed E-state index contributed by atoms with van der Waals surface area (Å²) in [6.45, 7) is 0. The average Bonchev–Trinajstić information content (AvgIpc) is 2.94. The quantitative estimate of drug-likeness (QED) is 0.781. The van der Waals surface area contributed by atoms with E-state index in [1.54, 1.807) is 24.3 Å². The Kier molecular flexibility index (Phi) is 5.59. The second-order valence-electron chi connectivity index (χ2n) is 3.82. The van der Waals surface area contributed by atoms with Gasteiger partial charge in [-0.15, -0.1) is 10.2 Å². The summed E-state index contributed by atoms with van der Waals surface area (Å²) in [5.41, 5.74) is 6.17. The Bertz CT molecular complexity index is 642. The number of nitrogens with zero attached hydrogens (tertiary/aromatic N) is 2. The summed E-state index contributed by atoms with van der Waals surface area (Å²) in [4.78, 5) is 22.7. The molecule has 0 atom stereocenters. The molecule has 0 aliphatic heterocycles. The summed E-state index contributed by atoms with van der Waals surface area (Å²) in [7, 11) is 0. The van der Waals surface area contributed by atoms with Crippen molar-refractivity contribution in [3.05, 3.63) is 29.8 Å². The predicted octanol–water partition coefficient (Wildman–Crippen LogP) is 2.09. The molecule has 1 heterocycles. The van der Waals surface area contributed by atoms with Crippen LogP contribution in [0.4, 0.5) is 5.69 Å². The van der Waals surface area contributed by atoms with Crippen LogP contribution in [-0.4, -0.2) is 34.0 Å². The minimum Gasteiger partial charge on any atom is -0.366 e. The Morgan fingerprint density at radius 2 is 1.90 bits per heavy atom. The van der Waals surface area contributed by atoms with Crippen molar-refractivity contribution in [1.29, 1.82) is 0 Å². The van der Waals surface area contributed by atoms with Crippen LogP contribution < -0.4 is 11.1 Å². The van der Waals surface area contributed by atoms with Crippen molar-refractivity contribution in [3.8, 4) is 0 Å². The second kappa shape index (κ2) is 7.43. The summed E-state index contributed by atoms with van der Waals surface area (Å²) in [6, 6.07) is 6.42. The molecule has 9 heteroatoms. The first-order valence-electron chi connectivity index (χ1n) is 5.78. The van der Waals surface area contributed by atoms with Crippen LogP contribution in [0.25, 0.3) is 0 Å². The van der Waals surface area contributed by atoms with Gasteiger partial charge in [0.25, 0.3) is 0 Å². The lowest BCUT2D eigenvalue weighted by Crippen LogP contribution is -2.14. The standard InChI is InChI=1S/C12H12N4O2S3/c1-19-11-15-16-12(21-11)20-6-9(17)14-8-4-2-7(3-5-8)10(13)18/h2-5H,6H2,1H3,(H2,13,18)(H,14,17). The number of anilines is 1. The Morgan fingerprint density at radius 3 is 2.48 bits per heavy atom. The number of nitrogens with one attached hydrogen (secondary N) is 1. The largest absolute Gasteiger partial charge is 0.366 e. The van der Waals surface area contributed by atoms with Crippen LogP contribution in [0.3, 0.4) is 0 Å². The van der Waals surface area contributed by atoms with E-state index in [4.69, 9.17) is 5.73 Å². The van der Waals surface area contributed by atoms with Gasteiger partial charge >= 0.3 is 0 Å². The lowest BCUT2D eigenvalue weighted by Gasteiger charge is -2.04. The zero-order valence-electron chi connectivity index (χ0n) is 11.0. The van der Waals surface area contributed by atoms with Gasteiger partial charge in [0.2, 0.25) is 11.8 Å². The van der Waals surface area contributed by atoms with Crippen molar-refractivity contribution in [1.82, 2.24) is 10.2 Å². The maximum absolute atomic E-state index is 11.8. The Hall–Kier alpha value is -1.58. The monoisotopic (exact) mass is 340 g/mol. The Labute approximate surface area is 133 Å². The molecule has 0 bridgehead atoms. The summed E-state index contributed by atoms with van der Waals surface area (Å²) >= 11 is 4.32. The zero-order valence-corrected chi connectivity index (χ0v) is 13.5. The molecule has 1 aromatic heterocycles. The van der Waals surface area contributed by atoms with Gasteiger partial charge in [-0.3, -0.25) is 9.59 Å². The fourth-order valence-electron chi connectivity index (χ4n) is 1.38. The number of rotatable bonds is 6. The molecule has 0 radical (unpaired) electrons. The molecule has 2 aromatic rings. The molecule has 6 nitrogen and oxygen atoms in total. The molecule has 0 fully saturated rings. The minimum atomic E-state index is -0.496. The second-order valence-corrected chi connectivity index (χ2v) is 7.07. The molecule has 3 N–H and O–H groups in total. The Morgan fingerprint density at radius 1 is 1.24 bits per heavy atom. The van der Waals surface area contributed by atoms with Crippen molar-refractivity contribution < 1.29 is 9.59 Å². The topological polar surface area (TPSA) is 98.0 Å². The van der Waals surface area contributed by atoms with Crippen LogP contribution in [-0.2, 0) is 4.79 Å². The van der Waals surface area contributed by atoms with E-state index in [0.717, 1.165) is 8.68 Å². The number of amides is 2. The van der Waals surface area contributed by atoms with Crippen molar-refractivity contribution in [2.45, 2.75) is 8.68 Å². The van der Waals surface area contributed by atoms with E-state index in [9.17, 15) is 9.59 Å². The van der Waals surface area contributed by atoms with Crippen LogP contribution in [0.15, 0.2) is 32.9 Å². The van der Waals surface area contributed by atoms with E-state index < -0.39 is 5.91 Å². The van der Waals surface area contributed by atoms with Crippen LogP contribution in [0.5, 0.6) is 0 Å². The van der Waals surface area contributed by atoms with Crippen molar-refractivity contribution >= 4 is 52.4 Å². The highest BCUT2D eigenvalue weighted by Gasteiger charge is 2.08. The van der Waals surface area contributed by atoms with Crippen molar-refractivity contribution in [2.75, 3.05) is 17.3 Å². The first-order valence-corrected chi connectivity index (χ1v) is 8.81. The average molecular weight is 340 g/mol. The number of benzene rings is 1. The molecule has 0 aliphatic rings. The molecule has 0 aliphatic carbocycles. The first kappa shape index (κ1) is 15.8. The van der Waals surface area contributed by atoms with Crippen LogP contribution in [0.2, 0.25) is 0 Å². The summed E-state index contributed by atoms with van der Waals surface area (Å²) < 4.78 is 1.64. The minimum absolute atomic E-state index is 0.146. The van der Waals surface area contributed by atoms with Gasteiger partial charge in [-0.25, -0.2) is 0 Å². The predicted molar refractivity (Wildman–Crippen MR) is 86.0 cm³/mol. The molecule has 1 aromatic carbocycles. The molecular formula is C12H12N4O2S3. The number of hydrogen-bond acceptors (Lipinski definition) is 7. The first-order chi connectivity index (χ1) is 10.1. The molecule has 2 amide bonds. The highest BCUT2D eigenvalue weighted by molar-refractivity contribution is 8.03. The van der Waals surface area contributed by atoms with Crippen LogP contribution in [0.1, 0.15) is 10.4 Å². The van der Waals surface area contributed by atoms with E-state index in [1.807, 2.05) is 6.26 Å². The number of carbonyl (C=O) groups is 2. The molecule has 21 heavy (non-hydrogen) atoms. The normalized spacial score (nSPS) is 10.3. The molecule has 0 unspecified atom stereocenters. The van der Waals surface area contributed by atoms with E-state index in [2.05, 4.69) is 15.5 Å². The summed E-state index contributed by atoms with van der Waals surface area (Å²) in [6.07, 6.45) is 1.93. The Balaban J connectivity index is 1.85. The number of primary amides is 1. The van der Waals surface area contributed by atoms with E-state index >= 15 is 0 Å². The van der Waals surface area contributed by atoms with Gasteiger partial charge in [0.05, 0.1) is 5.75 Å².